The number of aliphatic hydroxyl groups is 1. The van der Waals surface area contributed by atoms with Gasteiger partial charge in [0.05, 0.1) is 11.5 Å². The summed E-state index contributed by atoms with van der Waals surface area (Å²) in [5.74, 6) is 0.434. The van der Waals surface area contributed by atoms with Crippen LogP contribution in [0.3, 0.4) is 0 Å². The maximum Gasteiger partial charge on any atom is 0.242 e. The molecule has 0 aromatic carbocycles. The Hall–Kier alpha value is -0.430. The number of thiophene rings is 1. The number of nitrogens with one attached hydrogen (secondary N) is 1. The number of rotatable bonds is 6. The van der Waals surface area contributed by atoms with E-state index in [1.165, 1.54) is 11.3 Å². The van der Waals surface area contributed by atoms with Gasteiger partial charge in [0, 0.05) is 6.04 Å². The van der Waals surface area contributed by atoms with Gasteiger partial charge in [-0.15, -0.1) is 11.3 Å². The molecule has 1 atom stereocenters. The number of aryl methyl sites for hydroxylation is 1. The third-order valence-corrected chi connectivity index (χ3v) is 5.62. The van der Waals surface area contributed by atoms with Gasteiger partial charge in [-0.3, -0.25) is 0 Å². The molecule has 1 heterocycles. The second kappa shape index (κ2) is 6.14. The van der Waals surface area contributed by atoms with Crippen LogP contribution in [0.2, 0.25) is 0 Å². The van der Waals surface area contributed by atoms with Crippen LogP contribution in [0.25, 0.3) is 0 Å². The second-order valence-electron chi connectivity index (χ2n) is 4.98. The molecule has 0 amide bonds. The molecule has 0 aliphatic rings. The van der Waals surface area contributed by atoms with Crippen molar-refractivity contribution in [3.63, 3.8) is 0 Å². The third kappa shape index (κ3) is 3.78. The van der Waals surface area contributed by atoms with Gasteiger partial charge in [-0.2, -0.15) is 0 Å². The molecule has 0 fully saturated rings. The van der Waals surface area contributed by atoms with Crippen LogP contribution in [0.4, 0.5) is 0 Å². The molecule has 0 spiro atoms. The highest BCUT2D eigenvalue weighted by Crippen LogP contribution is 2.27. The highest BCUT2D eigenvalue weighted by atomic mass is 32.2. The third-order valence-electron chi connectivity index (χ3n) is 2.58. The van der Waals surface area contributed by atoms with Crippen molar-refractivity contribution in [3.05, 3.63) is 15.8 Å². The molecule has 1 unspecified atom stereocenters. The summed E-state index contributed by atoms with van der Waals surface area (Å²) in [6.45, 7) is 7.47. The molecule has 18 heavy (non-hydrogen) atoms. The van der Waals surface area contributed by atoms with Crippen LogP contribution in [0, 0.1) is 12.8 Å². The summed E-state index contributed by atoms with van der Waals surface area (Å²) in [6, 6.07) is -0.110. The first-order valence-corrected chi connectivity index (χ1v) is 8.34. The molecular weight excluding hydrogens is 270 g/mol. The zero-order chi connectivity index (χ0) is 13.9. The molecule has 0 bridgehead atoms. The van der Waals surface area contributed by atoms with Gasteiger partial charge < -0.3 is 5.11 Å². The van der Waals surface area contributed by atoms with Crippen LogP contribution in [0.15, 0.2) is 10.3 Å². The molecule has 0 radical (unpaired) electrons. The van der Waals surface area contributed by atoms with Crippen LogP contribution < -0.4 is 4.72 Å². The zero-order valence-corrected chi connectivity index (χ0v) is 12.9. The van der Waals surface area contributed by atoms with Crippen LogP contribution >= 0.6 is 11.3 Å². The minimum Gasteiger partial charge on any atom is -0.391 e. The average molecular weight is 291 g/mol. The van der Waals surface area contributed by atoms with Gasteiger partial charge in [-0.25, -0.2) is 13.1 Å². The minimum atomic E-state index is -3.53. The van der Waals surface area contributed by atoms with Crippen LogP contribution in [-0.2, 0) is 16.6 Å². The topological polar surface area (TPSA) is 66.4 Å². The van der Waals surface area contributed by atoms with Crippen molar-refractivity contribution in [2.24, 2.45) is 5.92 Å². The lowest BCUT2D eigenvalue weighted by Crippen LogP contribution is -2.34. The standard InChI is InChI=1S/C12H21NO3S2/c1-8(2)5-10(4)13-18(15,16)12-9(3)7-17-11(12)6-14/h7-8,10,13-14H,5-6H2,1-4H3. The predicted molar refractivity (Wildman–Crippen MR) is 74.2 cm³/mol. The van der Waals surface area contributed by atoms with E-state index < -0.39 is 10.0 Å². The Labute approximate surface area is 113 Å². The highest BCUT2D eigenvalue weighted by Gasteiger charge is 2.24. The zero-order valence-electron chi connectivity index (χ0n) is 11.2. The summed E-state index contributed by atoms with van der Waals surface area (Å²) < 4.78 is 27.2. The fourth-order valence-electron chi connectivity index (χ4n) is 2.04. The van der Waals surface area contributed by atoms with E-state index >= 15 is 0 Å². The van der Waals surface area contributed by atoms with E-state index in [2.05, 4.69) is 18.6 Å². The van der Waals surface area contributed by atoms with E-state index in [0.717, 1.165) is 6.42 Å². The Bertz CT molecular complexity index is 491. The van der Waals surface area contributed by atoms with Crippen molar-refractivity contribution in [2.45, 2.75) is 51.7 Å². The van der Waals surface area contributed by atoms with E-state index in [-0.39, 0.29) is 17.5 Å². The Morgan fingerprint density at radius 2 is 2.00 bits per heavy atom. The number of hydrogen-bond acceptors (Lipinski definition) is 4. The van der Waals surface area contributed by atoms with Crippen LogP contribution in [0.1, 0.15) is 37.6 Å². The number of sulfonamides is 1. The van der Waals surface area contributed by atoms with Gasteiger partial charge >= 0.3 is 0 Å². The highest BCUT2D eigenvalue weighted by molar-refractivity contribution is 7.89. The van der Waals surface area contributed by atoms with E-state index in [1.807, 2.05) is 6.92 Å². The van der Waals surface area contributed by atoms with Crippen molar-refractivity contribution < 1.29 is 13.5 Å². The van der Waals surface area contributed by atoms with Gasteiger partial charge in [0.2, 0.25) is 10.0 Å². The Kier molecular flexibility index (Phi) is 5.33. The van der Waals surface area contributed by atoms with Crippen molar-refractivity contribution in [1.29, 1.82) is 0 Å². The Balaban J connectivity index is 2.96. The number of hydrogen-bond donors (Lipinski definition) is 2. The normalized spacial score (nSPS) is 14.1. The summed E-state index contributed by atoms with van der Waals surface area (Å²) in [5, 5.41) is 11.0. The molecule has 104 valence electrons. The smallest absolute Gasteiger partial charge is 0.242 e. The average Bonchev–Trinajstić information content (AvgIpc) is 2.57. The Morgan fingerprint density at radius 1 is 1.39 bits per heavy atom. The lowest BCUT2D eigenvalue weighted by Gasteiger charge is -2.16. The summed E-state index contributed by atoms with van der Waals surface area (Å²) in [7, 11) is -3.53. The maximum absolute atomic E-state index is 12.3. The molecule has 1 aromatic heterocycles. The lowest BCUT2D eigenvalue weighted by molar-refractivity contribution is 0.282. The summed E-state index contributed by atoms with van der Waals surface area (Å²) >= 11 is 1.27. The number of aliphatic hydroxyl groups excluding tert-OH is 1. The predicted octanol–water partition coefficient (Wildman–Crippen LogP) is 2.26. The fourth-order valence-corrected chi connectivity index (χ4v) is 4.95. The Morgan fingerprint density at radius 3 is 2.50 bits per heavy atom. The molecular formula is C12H21NO3S2. The molecule has 6 heteroatoms. The molecule has 0 saturated heterocycles. The largest absolute Gasteiger partial charge is 0.391 e. The first-order valence-electron chi connectivity index (χ1n) is 5.98. The first-order chi connectivity index (χ1) is 8.27. The summed E-state index contributed by atoms with van der Waals surface area (Å²) in [5.41, 5.74) is 0.688. The van der Waals surface area contributed by atoms with Crippen LogP contribution in [0.5, 0.6) is 0 Å². The minimum absolute atomic E-state index is 0.110. The first kappa shape index (κ1) is 15.6. The summed E-state index contributed by atoms with van der Waals surface area (Å²) in [4.78, 5) is 0.738. The van der Waals surface area contributed by atoms with Gasteiger partial charge in [0.1, 0.15) is 4.90 Å². The van der Waals surface area contributed by atoms with Crippen molar-refractivity contribution in [2.75, 3.05) is 0 Å². The fraction of sp³-hybridized carbons (Fsp3) is 0.667. The van der Waals surface area contributed by atoms with Gasteiger partial charge in [-0.05, 0) is 37.1 Å². The van der Waals surface area contributed by atoms with E-state index in [4.69, 9.17) is 0 Å². The molecule has 0 aliphatic carbocycles. The van der Waals surface area contributed by atoms with Crippen LogP contribution in [-0.4, -0.2) is 19.6 Å². The van der Waals surface area contributed by atoms with Crippen molar-refractivity contribution in [1.82, 2.24) is 4.72 Å². The van der Waals surface area contributed by atoms with Crippen molar-refractivity contribution in [3.8, 4) is 0 Å². The van der Waals surface area contributed by atoms with E-state index in [0.29, 0.717) is 16.4 Å². The lowest BCUT2D eigenvalue weighted by atomic mass is 10.1. The van der Waals surface area contributed by atoms with E-state index in [1.54, 1.807) is 12.3 Å². The van der Waals surface area contributed by atoms with E-state index in [9.17, 15) is 13.5 Å². The molecule has 1 rings (SSSR count). The molecule has 0 saturated carbocycles. The molecule has 1 aromatic rings. The second-order valence-corrected chi connectivity index (χ2v) is 7.60. The molecule has 0 aliphatic heterocycles. The van der Waals surface area contributed by atoms with Gasteiger partial charge in [0.25, 0.3) is 0 Å². The molecule has 2 N–H and O–H groups in total. The maximum atomic E-state index is 12.3. The van der Waals surface area contributed by atoms with Crippen molar-refractivity contribution >= 4 is 21.4 Å². The van der Waals surface area contributed by atoms with Gasteiger partial charge in [0.15, 0.2) is 0 Å². The van der Waals surface area contributed by atoms with Gasteiger partial charge in [-0.1, -0.05) is 13.8 Å². The quantitative estimate of drug-likeness (QED) is 0.845. The molecule has 4 nitrogen and oxygen atoms in total. The summed E-state index contributed by atoms with van der Waals surface area (Å²) in [6.07, 6.45) is 0.789. The SMILES string of the molecule is Cc1csc(CO)c1S(=O)(=O)NC(C)CC(C)C. The monoisotopic (exact) mass is 291 g/mol.